The van der Waals surface area contributed by atoms with Crippen molar-refractivity contribution in [3.05, 3.63) is 64.7 Å². The Kier molecular flexibility index (Phi) is 3.78. The minimum atomic E-state index is -0.224. The van der Waals surface area contributed by atoms with Gasteiger partial charge in [-0.2, -0.15) is 0 Å². The quantitative estimate of drug-likeness (QED) is 0.777. The number of carbonyl (C=O) groups is 1. The fraction of sp³-hybridized carbons (Fsp3) is 0.176. The monoisotopic (exact) mass is 295 g/mol. The van der Waals surface area contributed by atoms with Crippen LogP contribution < -0.4 is 10.9 Å². The lowest BCUT2D eigenvalue weighted by molar-refractivity contribution is 0.102. The molecule has 0 unspecified atom stereocenters. The summed E-state index contributed by atoms with van der Waals surface area (Å²) >= 11 is 0. The molecule has 0 saturated carbocycles. The summed E-state index contributed by atoms with van der Waals surface area (Å²) in [4.78, 5) is 27.1. The Bertz CT molecular complexity index is 844. The van der Waals surface area contributed by atoms with Crippen LogP contribution in [0.25, 0.3) is 10.9 Å². The molecule has 0 spiro atoms. The lowest BCUT2D eigenvalue weighted by Crippen LogP contribution is -2.20. The average Bonchev–Trinajstić information content (AvgIpc) is 2.95. The lowest BCUT2D eigenvalue weighted by atomic mass is 10.2. The minimum Gasteiger partial charge on any atom is -0.351 e. The van der Waals surface area contributed by atoms with Crippen LogP contribution in [-0.4, -0.2) is 15.5 Å². The first-order valence-corrected chi connectivity index (χ1v) is 7.27. The van der Waals surface area contributed by atoms with Gasteiger partial charge in [-0.3, -0.25) is 9.59 Å². The summed E-state index contributed by atoms with van der Waals surface area (Å²) in [7, 11) is 0. The molecule has 0 atom stereocenters. The first-order chi connectivity index (χ1) is 10.7. The number of hydrogen-bond donors (Lipinski definition) is 2. The first kappa shape index (κ1) is 14.1. The zero-order chi connectivity index (χ0) is 15.5. The standard InChI is InChI=1S/C17H17N3O2/c1-2-9-20-11-13(7-8-16(20)21)18-17(22)15-10-12-5-3-4-6-14(12)19-15/h3-8,10-11,19H,2,9H2,1H3,(H,18,22). The Labute approximate surface area is 127 Å². The highest BCUT2D eigenvalue weighted by Gasteiger charge is 2.10. The number of aromatic nitrogens is 2. The Hall–Kier alpha value is -2.82. The van der Waals surface area contributed by atoms with Gasteiger partial charge in [-0.05, 0) is 24.6 Å². The second-order valence-corrected chi connectivity index (χ2v) is 5.17. The SMILES string of the molecule is CCCn1cc(NC(=O)c2cc3ccccc3[nH]2)ccc1=O. The zero-order valence-corrected chi connectivity index (χ0v) is 12.3. The van der Waals surface area contributed by atoms with E-state index in [1.54, 1.807) is 16.8 Å². The van der Waals surface area contributed by atoms with Gasteiger partial charge in [0.2, 0.25) is 0 Å². The van der Waals surface area contributed by atoms with Gasteiger partial charge in [0.25, 0.3) is 11.5 Å². The van der Waals surface area contributed by atoms with Crippen molar-refractivity contribution in [2.24, 2.45) is 0 Å². The molecule has 5 heteroatoms. The van der Waals surface area contributed by atoms with Gasteiger partial charge in [0.05, 0.1) is 5.69 Å². The molecule has 1 amide bonds. The van der Waals surface area contributed by atoms with Crippen molar-refractivity contribution in [3.8, 4) is 0 Å². The summed E-state index contributed by atoms with van der Waals surface area (Å²) < 4.78 is 1.60. The number of hydrogen-bond acceptors (Lipinski definition) is 2. The fourth-order valence-electron chi connectivity index (χ4n) is 2.42. The summed E-state index contributed by atoms with van der Waals surface area (Å²) in [6.45, 7) is 2.64. The van der Waals surface area contributed by atoms with E-state index >= 15 is 0 Å². The van der Waals surface area contributed by atoms with Gasteiger partial charge in [-0.1, -0.05) is 25.1 Å². The number of para-hydroxylation sites is 1. The largest absolute Gasteiger partial charge is 0.351 e. The molecule has 2 aromatic heterocycles. The number of aromatic amines is 1. The number of carbonyl (C=O) groups excluding carboxylic acids is 1. The molecule has 112 valence electrons. The second-order valence-electron chi connectivity index (χ2n) is 5.17. The molecule has 2 heterocycles. The minimum absolute atomic E-state index is 0.0644. The van der Waals surface area contributed by atoms with Crippen molar-refractivity contribution in [2.75, 3.05) is 5.32 Å². The zero-order valence-electron chi connectivity index (χ0n) is 12.3. The summed E-state index contributed by atoms with van der Waals surface area (Å²) in [5.74, 6) is -0.224. The van der Waals surface area contributed by atoms with Crippen LogP contribution in [0.5, 0.6) is 0 Å². The highest BCUT2D eigenvalue weighted by atomic mass is 16.2. The van der Waals surface area contributed by atoms with Crippen LogP contribution in [0.2, 0.25) is 0 Å². The molecular formula is C17H17N3O2. The van der Waals surface area contributed by atoms with Crippen molar-refractivity contribution in [3.63, 3.8) is 0 Å². The third kappa shape index (κ3) is 2.79. The number of H-pyrrole nitrogens is 1. The number of anilines is 1. The molecule has 0 aliphatic rings. The average molecular weight is 295 g/mol. The van der Waals surface area contributed by atoms with E-state index in [9.17, 15) is 9.59 Å². The molecule has 0 aliphatic carbocycles. The van der Waals surface area contributed by atoms with Crippen molar-refractivity contribution in [1.29, 1.82) is 0 Å². The molecule has 1 aromatic carbocycles. The third-order valence-corrected chi connectivity index (χ3v) is 3.48. The van der Waals surface area contributed by atoms with Crippen LogP contribution in [0, 0.1) is 0 Å². The van der Waals surface area contributed by atoms with Crippen LogP contribution >= 0.6 is 0 Å². The summed E-state index contributed by atoms with van der Waals surface area (Å²) in [6.07, 6.45) is 2.53. The number of benzene rings is 1. The van der Waals surface area contributed by atoms with E-state index in [0.29, 0.717) is 17.9 Å². The number of rotatable bonds is 4. The summed E-state index contributed by atoms with van der Waals surface area (Å²) in [5.41, 5.74) is 1.96. The van der Waals surface area contributed by atoms with Crippen LogP contribution in [0.1, 0.15) is 23.8 Å². The van der Waals surface area contributed by atoms with Crippen LogP contribution in [-0.2, 0) is 6.54 Å². The number of fused-ring (bicyclic) bond motifs is 1. The topological polar surface area (TPSA) is 66.9 Å². The molecule has 0 aliphatic heterocycles. The van der Waals surface area contributed by atoms with Gasteiger partial charge in [0.15, 0.2) is 0 Å². The molecule has 0 bridgehead atoms. The second kappa shape index (κ2) is 5.89. The van der Waals surface area contributed by atoms with Gasteiger partial charge in [-0.15, -0.1) is 0 Å². The number of nitrogens with one attached hydrogen (secondary N) is 2. The van der Waals surface area contributed by atoms with Crippen molar-refractivity contribution in [1.82, 2.24) is 9.55 Å². The number of amides is 1. The predicted octanol–water partition coefficient (Wildman–Crippen LogP) is 2.99. The molecule has 2 N–H and O–H groups in total. The van der Waals surface area contributed by atoms with Gasteiger partial charge in [0, 0.05) is 29.7 Å². The van der Waals surface area contributed by atoms with Crippen molar-refractivity contribution < 1.29 is 4.79 Å². The molecule has 3 rings (SSSR count). The van der Waals surface area contributed by atoms with Crippen molar-refractivity contribution >= 4 is 22.5 Å². The highest BCUT2D eigenvalue weighted by Crippen LogP contribution is 2.15. The number of pyridine rings is 1. The third-order valence-electron chi connectivity index (χ3n) is 3.48. The predicted molar refractivity (Wildman–Crippen MR) is 87.2 cm³/mol. The van der Waals surface area contributed by atoms with E-state index in [-0.39, 0.29) is 11.5 Å². The maximum atomic E-state index is 12.3. The Morgan fingerprint density at radius 1 is 1.23 bits per heavy atom. The van der Waals surface area contributed by atoms with E-state index in [1.165, 1.54) is 6.07 Å². The maximum Gasteiger partial charge on any atom is 0.272 e. The smallest absolute Gasteiger partial charge is 0.272 e. The van der Waals surface area contributed by atoms with Crippen LogP contribution in [0.3, 0.4) is 0 Å². The molecule has 0 radical (unpaired) electrons. The molecule has 5 nitrogen and oxygen atoms in total. The van der Waals surface area contributed by atoms with Gasteiger partial charge < -0.3 is 14.9 Å². The van der Waals surface area contributed by atoms with Gasteiger partial charge in [0.1, 0.15) is 5.69 Å². The Morgan fingerprint density at radius 2 is 2.05 bits per heavy atom. The Morgan fingerprint density at radius 3 is 2.82 bits per heavy atom. The highest BCUT2D eigenvalue weighted by molar-refractivity contribution is 6.05. The van der Waals surface area contributed by atoms with Crippen LogP contribution in [0.4, 0.5) is 5.69 Å². The number of aryl methyl sites for hydroxylation is 1. The van der Waals surface area contributed by atoms with E-state index in [2.05, 4.69) is 10.3 Å². The van der Waals surface area contributed by atoms with Gasteiger partial charge >= 0.3 is 0 Å². The van der Waals surface area contributed by atoms with Crippen molar-refractivity contribution in [2.45, 2.75) is 19.9 Å². The van der Waals surface area contributed by atoms with Crippen LogP contribution in [0.15, 0.2) is 53.5 Å². The molecule has 0 fully saturated rings. The summed E-state index contributed by atoms with van der Waals surface area (Å²) in [5, 5.41) is 3.80. The van der Waals surface area contributed by atoms with E-state index in [0.717, 1.165) is 17.3 Å². The molecule has 3 aromatic rings. The fourth-order valence-corrected chi connectivity index (χ4v) is 2.42. The number of nitrogens with zero attached hydrogens (tertiary/aromatic N) is 1. The van der Waals surface area contributed by atoms with Gasteiger partial charge in [-0.25, -0.2) is 0 Å². The molecular weight excluding hydrogens is 278 g/mol. The molecule has 0 saturated heterocycles. The lowest BCUT2D eigenvalue weighted by Gasteiger charge is -2.08. The molecule has 22 heavy (non-hydrogen) atoms. The normalized spacial score (nSPS) is 10.8. The first-order valence-electron chi connectivity index (χ1n) is 7.27. The van der Waals surface area contributed by atoms with E-state index in [4.69, 9.17) is 0 Å². The Balaban J connectivity index is 1.84. The van der Waals surface area contributed by atoms with E-state index in [1.807, 2.05) is 37.3 Å². The van der Waals surface area contributed by atoms with E-state index < -0.39 is 0 Å². The maximum absolute atomic E-state index is 12.3. The summed E-state index contributed by atoms with van der Waals surface area (Å²) in [6, 6.07) is 12.6.